The van der Waals surface area contributed by atoms with Gasteiger partial charge in [-0.2, -0.15) is 0 Å². The molecule has 0 aromatic heterocycles. The Morgan fingerprint density at radius 2 is 2.22 bits per heavy atom. The molecular weight excluding hydrogens is 311 g/mol. The summed E-state index contributed by atoms with van der Waals surface area (Å²) in [6.07, 6.45) is 9.67. The molecule has 1 heterocycles. The summed E-state index contributed by atoms with van der Waals surface area (Å²) in [4.78, 5) is 2.10. The smallest absolute Gasteiger partial charge is 0.126 e. The second kappa shape index (κ2) is 7.51. The lowest BCUT2D eigenvalue weighted by Crippen LogP contribution is -2.29. The summed E-state index contributed by atoms with van der Waals surface area (Å²) < 4.78 is 13.6. The highest BCUT2D eigenvalue weighted by molar-refractivity contribution is 6.20. The molecule has 0 bridgehead atoms. The quantitative estimate of drug-likeness (QED) is 0.473. The van der Waals surface area contributed by atoms with Gasteiger partial charge in [0.2, 0.25) is 0 Å². The third-order valence-electron chi connectivity index (χ3n) is 3.75. The van der Waals surface area contributed by atoms with Gasteiger partial charge in [0.15, 0.2) is 0 Å². The van der Waals surface area contributed by atoms with Gasteiger partial charge in [-0.05, 0) is 49.4 Å². The summed E-state index contributed by atoms with van der Waals surface area (Å²) >= 11 is 6.11. The molecule has 1 aromatic carbocycles. The van der Waals surface area contributed by atoms with E-state index in [2.05, 4.69) is 16.8 Å². The molecule has 0 radical (unpaired) electrons. The fourth-order valence-corrected chi connectivity index (χ4v) is 2.85. The summed E-state index contributed by atoms with van der Waals surface area (Å²) in [5.74, 6) is -0.192. The van der Waals surface area contributed by atoms with Gasteiger partial charge in [-0.25, -0.2) is 4.39 Å². The monoisotopic (exact) mass is 332 g/mol. The molecule has 2 atom stereocenters. The van der Waals surface area contributed by atoms with E-state index in [4.69, 9.17) is 11.6 Å². The van der Waals surface area contributed by atoms with Gasteiger partial charge in [0.1, 0.15) is 5.82 Å². The van der Waals surface area contributed by atoms with Crippen molar-refractivity contribution in [2.75, 3.05) is 7.05 Å². The lowest BCUT2D eigenvalue weighted by Gasteiger charge is -2.34. The molecule has 122 valence electrons. The maximum Gasteiger partial charge on any atom is 0.126 e. The van der Waals surface area contributed by atoms with E-state index in [1.54, 1.807) is 13.0 Å². The van der Waals surface area contributed by atoms with Crippen LogP contribution in [0.1, 0.15) is 24.1 Å². The predicted molar refractivity (Wildman–Crippen MR) is 95.6 cm³/mol. The molecule has 2 rings (SSSR count). The Morgan fingerprint density at radius 1 is 1.48 bits per heavy atom. The maximum absolute atomic E-state index is 13.6. The van der Waals surface area contributed by atoms with Gasteiger partial charge in [0, 0.05) is 18.3 Å². The number of hydrogen-bond donors (Lipinski definition) is 1. The van der Waals surface area contributed by atoms with Crippen LogP contribution in [0.5, 0.6) is 0 Å². The Kier molecular flexibility index (Phi) is 5.67. The van der Waals surface area contributed by atoms with E-state index in [0.29, 0.717) is 5.56 Å². The molecule has 1 aliphatic rings. The van der Waals surface area contributed by atoms with Crippen molar-refractivity contribution in [2.24, 2.45) is 0 Å². The number of alkyl halides is 1. The molecule has 0 spiro atoms. The third-order valence-corrected chi connectivity index (χ3v) is 3.86. The van der Waals surface area contributed by atoms with E-state index in [9.17, 15) is 4.39 Å². The van der Waals surface area contributed by atoms with Crippen LogP contribution in [0.15, 0.2) is 66.6 Å². The number of nitrogens with zero attached hydrogens (tertiary/aromatic N) is 1. The van der Waals surface area contributed by atoms with Crippen LogP contribution in [0, 0.1) is 12.7 Å². The average Bonchev–Trinajstić information content (AvgIpc) is 2.49. The fraction of sp³-hybridized carbons (Fsp3) is 0.263. The number of benzene rings is 1. The molecule has 2 unspecified atom stereocenters. The SMILES string of the molecule is C=C/C=C(\NC(C)Cl)C1=CC=CN(C)C1c1ccc(F)c(C)c1. The van der Waals surface area contributed by atoms with Crippen molar-refractivity contribution in [1.82, 2.24) is 10.2 Å². The molecule has 0 aliphatic carbocycles. The lowest BCUT2D eigenvalue weighted by atomic mass is 9.91. The first-order chi connectivity index (χ1) is 10.9. The van der Waals surface area contributed by atoms with E-state index >= 15 is 0 Å². The fourth-order valence-electron chi connectivity index (χ4n) is 2.73. The molecule has 1 aromatic rings. The standard InChI is InChI=1S/C19H22ClFN2/c1-5-7-18(22-14(3)20)16-8-6-11-23(4)19(16)15-9-10-17(21)13(2)12-15/h5-12,14,19,22H,1H2,2-4H3/b18-7-. The Hall–Kier alpha value is -2.00. The Morgan fingerprint density at radius 3 is 2.83 bits per heavy atom. The van der Waals surface area contributed by atoms with Crippen molar-refractivity contribution in [3.05, 3.63) is 83.5 Å². The van der Waals surface area contributed by atoms with Crippen molar-refractivity contribution in [3.63, 3.8) is 0 Å². The third kappa shape index (κ3) is 4.05. The van der Waals surface area contributed by atoms with E-state index in [1.165, 1.54) is 6.07 Å². The molecule has 2 nitrogen and oxygen atoms in total. The second-order valence-electron chi connectivity index (χ2n) is 5.62. The molecule has 0 saturated carbocycles. The summed E-state index contributed by atoms with van der Waals surface area (Å²) in [7, 11) is 2.00. The zero-order chi connectivity index (χ0) is 17.0. The number of nitrogens with one attached hydrogen (secondary N) is 1. The summed E-state index contributed by atoms with van der Waals surface area (Å²) in [6, 6.07) is 5.21. The van der Waals surface area contributed by atoms with Crippen molar-refractivity contribution < 1.29 is 4.39 Å². The van der Waals surface area contributed by atoms with Crippen LogP contribution in [0.4, 0.5) is 4.39 Å². The molecule has 0 fully saturated rings. The van der Waals surface area contributed by atoms with Crippen molar-refractivity contribution in [1.29, 1.82) is 0 Å². The molecule has 1 N–H and O–H groups in total. The first kappa shape index (κ1) is 17.4. The minimum atomic E-state index is -0.214. The van der Waals surface area contributed by atoms with Gasteiger partial charge in [0.05, 0.1) is 11.5 Å². The number of hydrogen-bond acceptors (Lipinski definition) is 2. The Balaban J connectivity index is 2.47. The largest absolute Gasteiger partial charge is 0.369 e. The zero-order valence-corrected chi connectivity index (χ0v) is 14.4. The normalized spacial score (nSPS) is 19.3. The second-order valence-corrected chi connectivity index (χ2v) is 6.27. The highest BCUT2D eigenvalue weighted by atomic mass is 35.5. The molecular formula is C19H22ClFN2. The van der Waals surface area contributed by atoms with Crippen molar-refractivity contribution in [3.8, 4) is 0 Å². The van der Waals surface area contributed by atoms with E-state index in [1.807, 2.05) is 50.5 Å². The predicted octanol–water partition coefficient (Wildman–Crippen LogP) is 4.81. The lowest BCUT2D eigenvalue weighted by molar-refractivity contribution is 0.373. The summed E-state index contributed by atoms with van der Waals surface area (Å²) in [5.41, 5.74) is 3.42. The van der Waals surface area contributed by atoms with Gasteiger partial charge in [-0.1, -0.05) is 42.5 Å². The van der Waals surface area contributed by atoms with Gasteiger partial charge in [-0.3, -0.25) is 0 Å². The van der Waals surface area contributed by atoms with Gasteiger partial charge >= 0.3 is 0 Å². The molecule has 1 aliphatic heterocycles. The van der Waals surface area contributed by atoms with Crippen molar-refractivity contribution >= 4 is 11.6 Å². The number of rotatable bonds is 5. The van der Waals surface area contributed by atoms with Crippen LogP contribution in [0.3, 0.4) is 0 Å². The van der Waals surface area contributed by atoms with E-state index in [0.717, 1.165) is 16.8 Å². The van der Waals surface area contributed by atoms with Crippen LogP contribution in [-0.4, -0.2) is 17.4 Å². The first-order valence-corrected chi connectivity index (χ1v) is 7.97. The first-order valence-electron chi connectivity index (χ1n) is 7.54. The number of aryl methyl sites for hydroxylation is 1. The zero-order valence-electron chi connectivity index (χ0n) is 13.7. The maximum atomic E-state index is 13.6. The summed E-state index contributed by atoms with van der Waals surface area (Å²) in [5, 5.41) is 3.25. The van der Waals surface area contributed by atoms with Gasteiger partial charge < -0.3 is 10.2 Å². The van der Waals surface area contributed by atoms with Crippen molar-refractivity contribution in [2.45, 2.75) is 25.4 Å². The number of halogens is 2. The Labute approximate surface area is 142 Å². The summed E-state index contributed by atoms with van der Waals surface area (Å²) in [6.45, 7) is 7.43. The number of likely N-dealkylation sites (N-methyl/N-ethyl adjacent to an activating group) is 1. The average molecular weight is 333 g/mol. The molecule has 23 heavy (non-hydrogen) atoms. The minimum Gasteiger partial charge on any atom is -0.369 e. The highest BCUT2D eigenvalue weighted by Crippen LogP contribution is 2.35. The molecule has 0 amide bonds. The van der Waals surface area contributed by atoms with E-state index in [-0.39, 0.29) is 17.4 Å². The number of allylic oxidation sites excluding steroid dienone is 4. The molecule has 0 saturated heterocycles. The molecule has 4 heteroatoms. The van der Waals surface area contributed by atoms with Crippen LogP contribution in [0.2, 0.25) is 0 Å². The Bertz CT molecular complexity index is 674. The van der Waals surface area contributed by atoms with Gasteiger partial charge in [-0.15, -0.1) is 0 Å². The minimum absolute atomic E-state index is 0.0200. The van der Waals surface area contributed by atoms with Crippen LogP contribution >= 0.6 is 11.6 Å². The highest BCUT2D eigenvalue weighted by Gasteiger charge is 2.25. The van der Waals surface area contributed by atoms with Crippen LogP contribution in [0.25, 0.3) is 0 Å². The van der Waals surface area contributed by atoms with Crippen LogP contribution in [-0.2, 0) is 0 Å². The van der Waals surface area contributed by atoms with Gasteiger partial charge in [0.25, 0.3) is 0 Å². The van der Waals surface area contributed by atoms with Crippen LogP contribution < -0.4 is 5.32 Å². The van der Waals surface area contributed by atoms with E-state index < -0.39 is 0 Å². The topological polar surface area (TPSA) is 15.3 Å².